The molecule has 0 aliphatic carbocycles. The molecule has 3 heterocycles. The summed E-state index contributed by atoms with van der Waals surface area (Å²) < 4.78 is 5.09. The van der Waals surface area contributed by atoms with E-state index in [1.165, 1.54) is 4.68 Å². The average molecular weight is 445 g/mol. The van der Waals surface area contributed by atoms with Gasteiger partial charge < -0.3 is 4.90 Å². The van der Waals surface area contributed by atoms with E-state index in [1.54, 1.807) is 16.5 Å². The number of likely N-dealkylation sites (N-methyl/N-ethyl adjacent to an activating group) is 1. The van der Waals surface area contributed by atoms with Gasteiger partial charge in [-0.25, -0.2) is 14.5 Å². The minimum Gasteiger partial charge on any atom is -0.337 e. The van der Waals surface area contributed by atoms with Crippen LogP contribution in [-0.4, -0.2) is 41.8 Å². The number of carbonyl (C=O) groups excluding carboxylic acids is 1. The molecule has 8 heteroatoms. The monoisotopic (exact) mass is 444 g/mol. The number of aryl methyl sites for hydroxylation is 1. The zero-order valence-corrected chi connectivity index (χ0v) is 19.0. The number of nitrogens with zero attached hydrogens (tertiary/aromatic N) is 6. The van der Waals surface area contributed by atoms with E-state index in [-0.39, 0.29) is 24.2 Å². The van der Waals surface area contributed by atoms with Gasteiger partial charge in [-0.1, -0.05) is 30.7 Å². The largest absolute Gasteiger partial charge is 0.346 e. The molecule has 1 aliphatic rings. The number of benzene rings is 2. The molecule has 2 aromatic heterocycles. The molecule has 1 atom stereocenters. The SMILES string of the molecule is CC(c1ccc(-n2cnc3ccccc32)cc1)N(C)C(=O)Cn1nc2n(c1=O)CCCCC2. The van der Waals surface area contributed by atoms with Crippen molar-refractivity contribution in [3.63, 3.8) is 0 Å². The number of amides is 1. The number of rotatable bonds is 5. The van der Waals surface area contributed by atoms with Crippen molar-refractivity contribution in [3.8, 4) is 5.69 Å². The fraction of sp³-hybridized carbons (Fsp3) is 0.360. The van der Waals surface area contributed by atoms with E-state index < -0.39 is 0 Å². The fourth-order valence-corrected chi connectivity index (χ4v) is 4.49. The highest BCUT2D eigenvalue weighted by Crippen LogP contribution is 2.23. The summed E-state index contributed by atoms with van der Waals surface area (Å²) in [6, 6.07) is 16.0. The Labute approximate surface area is 192 Å². The van der Waals surface area contributed by atoms with Crippen LogP contribution in [-0.2, 0) is 24.3 Å². The summed E-state index contributed by atoms with van der Waals surface area (Å²) >= 11 is 0. The Morgan fingerprint density at radius 2 is 1.88 bits per heavy atom. The van der Waals surface area contributed by atoms with Gasteiger partial charge in [0.25, 0.3) is 0 Å². The summed E-state index contributed by atoms with van der Waals surface area (Å²) in [6.07, 6.45) is 5.74. The van der Waals surface area contributed by atoms with Crippen LogP contribution in [0.15, 0.2) is 59.7 Å². The number of carbonyl (C=O) groups is 1. The van der Waals surface area contributed by atoms with Crippen molar-refractivity contribution in [2.24, 2.45) is 0 Å². The first-order valence-corrected chi connectivity index (χ1v) is 11.5. The van der Waals surface area contributed by atoms with E-state index in [1.807, 2.05) is 66.3 Å². The van der Waals surface area contributed by atoms with Crippen LogP contribution in [0.2, 0.25) is 0 Å². The third-order valence-corrected chi connectivity index (χ3v) is 6.65. The first-order valence-electron chi connectivity index (χ1n) is 11.5. The van der Waals surface area contributed by atoms with Crippen LogP contribution >= 0.6 is 0 Å². The third kappa shape index (κ3) is 3.97. The zero-order valence-electron chi connectivity index (χ0n) is 19.0. The van der Waals surface area contributed by atoms with Gasteiger partial charge in [-0.15, -0.1) is 0 Å². The average Bonchev–Trinajstić information content (AvgIpc) is 3.30. The van der Waals surface area contributed by atoms with Gasteiger partial charge in [0.15, 0.2) is 0 Å². The van der Waals surface area contributed by atoms with Crippen molar-refractivity contribution in [1.82, 2.24) is 28.8 Å². The topological polar surface area (TPSA) is 78.0 Å². The summed E-state index contributed by atoms with van der Waals surface area (Å²) in [5.74, 6) is 0.658. The Kier molecular flexibility index (Phi) is 5.58. The summed E-state index contributed by atoms with van der Waals surface area (Å²) in [7, 11) is 1.77. The number of hydrogen-bond donors (Lipinski definition) is 0. The fourth-order valence-electron chi connectivity index (χ4n) is 4.49. The number of imidazole rings is 1. The Morgan fingerprint density at radius 3 is 2.70 bits per heavy atom. The Morgan fingerprint density at radius 1 is 1.09 bits per heavy atom. The second kappa shape index (κ2) is 8.69. The molecule has 0 fully saturated rings. The maximum absolute atomic E-state index is 13.0. The van der Waals surface area contributed by atoms with Gasteiger partial charge in [-0.2, -0.15) is 5.10 Å². The number of para-hydroxylation sites is 2. The lowest BCUT2D eigenvalue weighted by molar-refractivity contribution is -0.132. The third-order valence-electron chi connectivity index (χ3n) is 6.65. The van der Waals surface area contributed by atoms with Crippen molar-refractivity contribution in [2.45, 2.75) is 51.7 Å². The predicted octanol–water partition coefficient (Wildman–Crippen LogP) is 3.33. The highest BCUT2D eigenvalue weighted by molar-refractivity contribution is 5.77. The summed E-state index contributed by atoms with van der Waals surface area (Å²) in [5, 5.41) is 4.44. The van der Waals surface area contributed by atoms with Crippen molar-refractivity contribution in [3.05, 3.63) is 76.7 Å². The molecule has 0 radical (unpaired) electrons. The molecule has 4 aromatic rings. The van der Waals surface area contributed by atoms with Gasteiger partial charge in [0.2, 0.25) is 5.91 Å². The molecule has 0 spiro atoms. The molecule has 8 nitrogen and oxygen atoms in total. The first-order chi connectivity index (χ1) is 16.0. The number of hydrogen-bond acceptors (Lipinski definition) is 4. The minimum absolute atomic E-state index is 0.0429. The predicted molar refractivity (Wildman–Crippen MR) is 126 cm³/mol. The van der Waals surface area contributed by atoms with Gasteiger partial charge >= 0.3 is 5.69 Å². The van der Waals surface area contributed by atoms with Crippen LogP contribution < -0.4 is 5.69 Å². The summed E-state index contributed by atoms with van der Waals surface area (Å²) in [4.78, 5) is 31.8. The molecular weight excluding hydrogens is 416 g/mol. The lowest BCUT2D eigenvalue weighted by atomic mass is 10.1. The molecule has 1 unspecified atom stereocenters. The molecule has 33 heavy (non-hydrogen) atoms. The lowest BCUT2D eigenvalue weighted by Gasteiger charge is -2.25. The van der Waals surface area contributed by atoms with Gasteiger partial charge in [0.1, 0.15) is 18.7 Å². The minimum atomic E-state index is -0.182. The van der Waals surface area contributed by atoms with E-state index in [0.717, 1.165) is 53.8 Å². The van der Waals surface area contributed by atoms with E-state index >= 15 is 0 Å². The van der Waals surface area contributed by atoms with Crippen LogP contribution in [0.4, 0.5) is 0 Å². The molecule has 5 rings (SSSR count). The summed E-state index contributed by atoms with van der Waals surface area (Å²) in [5.41, 5.74) is 3.85. The highest BCUT2D eigenvalue weighted by atomic mass is 16.2. The molecular formula is C25H28N6O2. The second-order valence-corrected chi connectivity index (χ2v) is 8.69. The highest BCUT2D eigenvalue weighted by Gasteiger charge is 2.22. The van der Waals surface area contributed by atoms with Gasteiger partial charge in [-0.05, 0) is 49.6 Å². The van der Waals surface area contributed by atoms with Crippen molar-refractivity contribution in [2.75, 3.05) is 7.05 Å². The summed E-state index contributed by atoms with van der Waals surface area (Å²) in [6.45, 7) is 2.64. The van der Waals surface area contributed by atoms with Crippen molar-refractivity contribution in [1.29, 1.82) is 0 Å². The van der Waals surface area contributed by atoms with E-state index in [9.17, 15) is 9.59 Å². The molecule has 170 valence electrons. The second-order valence-electron chi connectivity index (χ2n) is 8.69. The number of aromatic nitrogens is 5. The maximum Gasteiger partial charge on any atom is 0.346 e. The Bertz CT molecular complexity index is 1350. The van der Waals surface area contributed by atoms with Crippen LogP contribution in [0.1, 0.15) is 43.6 Å². The van der Waals surface area contributed by atoms with Crippen LogP contribution in [0.25, 0.3) is 16.7 Å². The normalized spacial score (nSPS) is 14.6. The van der Waals surface area contributed by atoms with Crippen molar-refractivity contribution < 1.29 is 4.79 Å². The lowest BCUT2D eigenvalue weighted by Crippen LogP contribution is -2.36. The van der Waals surface area contributed by atoms with E-state index in [0.29, 0.717) is 6.54 Å². The Hall–Kier alpha value is -3.68. The first kappa shape index (κ1) is 21.2. The number of fused-ring (bicyclic) bond motifs is 2. The van der Waals surface area contributed by atoms with Gasteiger partial charge in [-0.3, -0.25) is 13.9 Å². The zero-order chi connectivity index (χ0) is 22.9. The van der Waals surface area contributed by atoms with E-state index in [4.69, 9.17) is 0 Å². The maximum atomic E-state index is 13.0. The molecule has 2 aromatic carbocycles. The van der Waals surface area contributed by atoms with Gasteiger partial charge in [0, 0.05) is 25.7 Å². The molecule has 1 amide bonds. The molecule has 0 N–H and O–H groups in total. The van der Waals surface area contributed by atoms with E-state index in [2.05, 4.69) is 10.1 Å². The van der Waals surface area contributed by atoms with Gasteiger partial charge in [0.05, 0.1) is 17.1 Å². The molecule has 0 bridgehead atoms. The molecule has 1 aliphatic heterocycles. The molecule has 0 saturated heterocycles. The standard InChI is InChI=1S/C25H28N6O2/c1-18(19-11-13-20(14-12-19)30-17-26-21-8-5-6-9-22(21)30)28(2)24(32)16-31-25(33)29-15-7-3-4-10-23(29)27-31/h5-6,8-9,11-14,17-18H,3-4,7,10,15-16H2,1-2H3. The van der Waals surface area contributed by atoms with Crippen molar-refractivity contribution >= 4 is 16.9 Å². The quantitative estimate of drug-likeness (QED) is 0.473. The van der Waals surface area contributed by atoms with Crippen LogP contribution in [0, 0.1) is 0 Å². The van der Waals surface area contributed by atoms with Crippen LogP contribution in [0.5, 0.6) is 0 Å². The molecule has 0 saturated carbocycles. The smallest absolute Gasteiger partial charge is 0.337 e. The van der Waals surface area contributed by atoms with Crippen LogP contribution in [0.3, 0.4) is 0 Å². The Balaban J connectivity index is 1.30.